The van der Waals surface area contributed by atoms with E-state index in [1.54, 1.807) is 6.08 Å². The third-order valence-electron chi connectivity index (χ3n) is 11.1. The van der Waals surface area contributed by atoms with E-state index in [0.29, 0.717) is 12.8 Å². The highest BCUT2D eigenvalue weighted by atomic mass is 16.6. The zero-order chi connectivity index (χ0) is 47.2. The van der Waals surface area contributed by atoms with Gasteiger partial charge in [-0.25, -0.2) is 0 Å². The quantitative estimate of drug-likeness (QED) is 0.0262. The second-order valence-corrected chi connectivity index (χ2v) is 17.4. The van der Waals surface area contributed by atoms with Crippen molar-refractivity contribution >= 4 is 17.9 Å². The number of unbranched alkanes of at least 4 members (excludes halogenated alkanes) is 21. The first-order valence-corrected chi connectivity index (χ1v) is 26.7. The van der Waals surface area contributed by atoms with E-state index in [1.165, 1.54) is 89.9 Å². The molecule has 0 saturated carbocycles. The Morgan fingerprint density at radius 2 is 0.646 bits per heavy atom. The van der Waals surface area contributed by atoms with Crippen LogP contribution >= 0.6 is 0 Å². The number of hydrogen-bond acceptors (Lipinski definition) is 6. The van der Waals surface area contributed by atoms with Crippen LogP contribution < -0.4 is 0 Å². The Morgan fingerprint density at radius 3 is 1.02 bits per heavy atom. The topological polar surface area (TPSA) is 78.9 Å². The molecule has 0 bridgehead atoms. The Balaban J connectivity index is 4.50. The molecule has 0 heterocycles. The van der Waals surface area contributed by atoms with Gasteiger partial charge in [0.2, 0.25) is 0 Å². The Morgan fingerprint density at radius 1 is 0.338 bits per heavy atom. The van der Waals surface area contributed by atoms with Crippen LogP contribution in [-0.4, -0.2) is 37.2 Å². The van der Waals surface area contributed by atoms with Gasteiger partial charge in [0.15, 0.2) is 6.10 Å². The van der Waals surface area contributed by atoms with Crippen LogP contribution in [0, 0.1) is 0 Å². The summed E-state index contributed by atoms with van der Waals surface area (Å²) in [5.74, 6) is -1.07. The van der Waals surface area contributed by atoms with Crippen LogP contribution in [0.25, 0.3) is 0 Å². The SMILES string of the molecule is CC/C=C\C/C=C\C/C=C\C/C=C\C/C=C\CC(=O)OC(COC(=O)CCCCCCC/C=C\C/C=C\C/C=C\CC)COC(=O)CCCCCCCCCCCCCCCCCCC. The summed E-state index contributed by atoms with van der Waals surface area (Å²) in [4.78, 5) is 38.0. The summed E-state index contributed by atoms with van der Waals surface area (Å²) in [6.07, 6.45) is 69.9. The van der Waals surface area contributed by atoms with Crippen molar-refractivity contribution in [2.45, 2.75) is 245 Å². The van der Waals surface area contributed by atoms with E-state index in [9.17, 15) is 14.4 Å². The van der Waals surface area contributed by atoms with E-state index >= 15 is 0 Å². The monoisotopic (exact) mass is 903 g/mol. The Kier molecular flexibility index (Phi) is 50.0. The summed E-state index contributed by atoms with van der Waals surface area (Å²) in [7, 11) is 0. The first-order chi connectivity index (χ1) is 32.0. The molecule has 370 valence electrons. The molecular formula is C59H98O6. The number of hydrogen-bond donors (Lipinski definition) is 0. The Hall–Kier alpha value is -3.67. The smallest absolute Gasteiger partial charge is 0.310 e. The van der Waals surface area contributed by atoms with Crippen molar-refractivity contribution in [3.05, 3.63) is 97.2 Å². The molecule has 65 heavy (non-hydrogen) atoms. The van der Waals surface area contributed by atoms with Crippen molar-refractivity contribution < 1.29 is 28.6 Å². The van der Waals surface area contributed by atoms with Gasteiger partial charge >= 0.3 is 17.9 Å². The van der Waals surface area contributed by atoms with Gasteiger partial charge < -0.3 is 14.2 Å². The summed E-state index contributed by atoms with van der Waals surface area (Å²) >= 11 is 0. The third-order valence-corrected chi connectivity index (χ3v) is 11.1. The average molecular weight is 903 g/mol. The first kappa shape index (κ1) is 61.3. The lowest BCUT2D eigenvalue weighted by atomic mass is 10.0. The maximum absolute atomic E-state index is 12.8. The number of rotatable bonds is 47. The molecule has 0 N–H and O–H groups in total. The van der Waals surface area contributed by atoms with Gasteiger partial charge in [-0.2, -0.15) is 0 Å². The highest BCUT2D eigenvalue weighted by Crippen LogP contribution is 2.15. The molecule has 0 aliphatic carbocycles. The van der Waals surface area contributed by atoms with Gasteiger partial charge in [0, 0.05) is 12.8 Å². The van der Waals surface area contributed by atoms with Crippen LogP contribution in [0.15, 0.2) is 97.2 Å². The standard InChI is InChI=1S/C59H98O6/c1-4-7-10-13-16-19-22-25-28-29-32-34-37-40-43-46-49-52-58(61)64-55-56(65-59(62)53-50-47-44-41-38-35-31-27-24-21-18-15-12-9-6-3)54-63-57(60)51-48-45-42-39-36-33-30-26-23-20-17-14-11-8-5-2/h8-9,11-12,17-18,20-21,26-27,30-31,38,41,47,50,56H,4-7,10,13-16,19,22-25,28-29,32-37,39-40,42-46,48-49,51-55H2,1-3H3/b11-8-,12-9-,20-17-,21-18-,30-26-,31-27-,41-38-,50-47-. The normalized spacial score (nSPS) is 12.8. The zero-order valence-corrected chi connectivity index (χ0v) is 42.2. The second kappa shape index (κ2) is 52.9. The predicted octanol–water partition coefficient (Wildman–Crippen LogP) is 17.8. The Bertz CT molecular complexity index is 1310. The van der Waals surface area contributed by atoms with E-state index in [0.717, 1.165) is 109 Å². The minimum absolute atomic E-state index is 0.0922. The number of allylic oxidation sites excluding steroid dienone is 15. The molecule has 1 unspecified atom stereocenters. The highest BCUT2D eigenvalue weighted by Gasteiger charge is 2.19. The summed E-state index contributed by atoms with van der Waals surface area (Å²) in [5, 5.41) is 0. The fourth-order valence-corrected chi connectivity index (χ4v) is 7.18. The molecular weight excluding hydrogens is 805 g/mol. The summed E-state index contributed by atoms with van der Waals surface area (Å²) in [5.41, 5.74) is 0. The molecule has 0 radical (unpaired) electrons. The van der Waals surface area contributed by atoms with Gasteiger partial charge in [0.05, 0.1) is 6.42 Å². The molecule has 0 rings (SSSR count). The van der Waals surface area contributed by atoms with Gasteiger partial charge in [0.1, 0.15) is 13.2 Å². The van der Waals surface area contributed by atoms with Crippen molar-refractivity contribution in [1.29, 1.82) is 0 Å². The van der Waals surface area contributed by atoms with Crippen molar-refractivity contribution in [1.82, 2.24) is 0 Å². The molecule has 0 amide bonds. The van der Waals surface area contributed by atoms with Crippen LogP contribution in [-0.2, 0) is 28.6 Å². The van der Waals surface area contributed by atoms with Crippen molar-refractivity contribution in [2.75, 3.05) is 13.2 Å². The predicted molar refractivity (Wildman–Crippen MR) is 279 cm³/mol. The van der Waals surface area contributed by atoms with Gasteiger partial charge in [-0.15, -0.1) is 0 Å². The molecule has 0 aromatic heterocycles. The van der Waals surface area contributed by atoms with Crippen molar-refractivity contribution in [3.8, 4) is 0 Å². The van der Waals surface area contributed by atoms with Crippen molar-refractivity contribution in [2.24, 2.45) is 0 Å². The molecule has 0 spiro atoms. The fraction of sp³-hybridized carbons (Fsp3) is 0.678. The van der Waals surface area contributed by atoms with Gasteiger partial charge in [0.25, 0.3) is 0 Å². The minimum atomic E-state index is -0.838. The van der Waals surface area contributed by atoms with E-state index in [2.05, 4.69) is 106 Å². The highest BCUT2D eigenvalue weighted by molar-refractivity contribution is 5.72. The molecule has 6 heteroatoms. The number of ether oxygens (including phenoxy) is 3. The lowest BCUT2D eigenvalue weighted by Gasteiger charge is -2.18. The molecule has 0 aromatic carbocycles. The fourth-order valence-electron chi connectivity index (χ4n) is 7.18. The van der Waals surface area contributed by atoms with Crippen LogP contribution in [0.5, 0.6) is 0 Å². The average Bonchev–Trinajstić information content (AvgIpc) is 3.30. The molecule has 0 aliphatic heterocycles. The molecule has 0 fully saturated rings. The maximum atomic E-state index is 12.8. The van der Waals surface area contributed by atoms with Crippen LogP contribution in [0.2, 0.25) is 0 Å². The lowest BCUT2D eigenvalue weighted by molar-refractivity contribution is -0.166. The van der Waals surface area contributed by atoms with Gasteiger partial charge in [-0.1, -0.05) is 240 Å². The van der Waals surface area contributed by atoms with Gasteiger partial charge in [-0.05, 0) is 77.0 Å². The maximum Gasteiger partial charge on any atom is 0.310 e. The van der Waals surface area contributed by atoms with Crippen LogP contribution in [0.4, 0.5) is 0 Å². The Labute approximate surface area is 400 Å². The summed E-state index contributed by atoms with van der Waals surface area (Å²) in [6, 6.07) is 0. The molecule has 0 saturated heterocycles. The van der Waals surface area contributed by atoms with Crippen LogP contribution in [0.3, 0.4) is 0 Å². The number of carbonyl (C=O) groups excluding carboxylic acids is 3. The van der Waals surface area contributed by atoms with Crippen LogP contribution in [0.1, 0.15) is 239 Å². The molecule has 0 aliphatic rings. The van der Waals surface area contributed by atoms with E-state index < -0.39 is 12.1 Å². The zero-order valence-electron chi connectivity index (χ0n) is 42.2. The van der Waals surface area contributed by atoms with E-state index in [1.807, 2.05) is 6.08 Å². The first-order valence-electron chi connectivity index (χ1n) is 26.7. The largest absolute Gasteiger partial charge is 0.462 e. The van der Waals surface area contributed by atoms with E-state index in [4.69, 9.17) is 14.2 Å². The lowest BCUT2D eigenvalue weighted by Crippen LogP contribution is -2.30. The molecule has 6 nitrogen and oxygen atoms in total. The van der Waals surface area contributed by atoms with Gasteiger partial charge in [-0.3, -0.25) is 14.4 Å². The second-order valence-electron chi connectivity index (χ2n) is 17.4. The summed E-state index contributed by atoms with van der Waals surface area (Å²) in [6.45, 7) is 6.32. The molecule has 1 atom stereocenters. The number of esters is 3. The molecule has 0 aromatic rings. The van der Waals surface area contributed by atoms with E-state index in [-0.39, 0.29) is 31.6 Å². The summed E-state index contributed by atoms with van der Waals surface area (Å²) < 4.78 is 16.7. The number of carbonyl (C=O) groups is 3. The third kappa shape index (κ3) is 51.2. The minimum Gasteiger partial charge on any atom is -0.462 e. The van der Waals surface area contributed by atoms with Crippen molar-refractivity contribution in [3.63, 3.8) is 0 Å².